The molecule has 0 spiro atoms. The van der Waals surface area contributed by atoms with E-state index in [1.54, 1.807) is 12.2 Å². The Bertz CT molecular complexity index is 800. The predicted octanol–water partition coefficient (Wildman–Crippen LogP) is 6.23. The number of carbonyl (C=O) groups is 1. The lowest BCUT2D eigenvalue weighted by molar-refractivity contribution is -0.310. The number of aliphatic hydroxyl groups is 5. The molecule has 0 aliphatic carbocycles. The van der Waals surface area contributed by atoms with Gasteiger partial charge in [-0.2, -0.15) is 0 Å². The molecule has 1 aliphatic heterocycles. The summed E-state index contributed by atoms with van der Waals surface area (Å²) in [6, 6.07) is -0.843. The van der Waals surface area contributed by atoms with Crippen molar-refractivity contribution in [3.63, 3.8) is 0 Å². The van der Waals surface area contributed by atoms with Gasteiger partial charge in [0, 0.05) is 0 Å². The van der Waals surface area contributed by atoms with Crippen molar-refractivity contribution in [1.29, 1.82) is 0 Å². The standard InChI is InChI=1S/C39H75NO9/c1-4-7-10-12-14-16-17-19-20-22-24-26-32(42)31(40-38(46)33(43)27-25-23-21-18-15-13-11-8-5-2)30-48-39-37(47-28-9-6-3)36(45)35(44)34(29-41)49-39/h6,9,31-37,39,41-45H,4-5,7-8,10-30H2,1-3H3,(H,40,46)/b9-6+/t31-,32?,33+,34?,35?,36?,37?,39?/m0/s1. The second-order valence-corrected chi connectivity index (χ2v) is 14.0. The minimum atomic E-state index is -1.38. The highest BCUT2D eigenvalue weighted by molar-refractivity contribution is 5.80. The number of amides is 1. The zero-order valence-corrected chi connectivity index (χ0v) is 31.3. The molecule has 49 heavy (non-hydrogen) atoms. The van der Waals surface area contributed by atoms with Crippen LogP contribution in [0.25, 0.3) is 0 Å². The van der Waals surface area contributed by atoms with E-state index in [1.165, 1.54) is 89.9 Å². The third-order valence-electron chi connectivity index (χ3n) is 9.66. The Morgan fingerprint density at radius 3 is 1.71 bits per heavy atom. The van der Waals surface area contributed by atoms with Crippen LogP contribution in [0.3, 0.4) is 0 Å². The van der Waals surface area contributed by atoms with Gasteiger partial charge in [0.25, 0.3) is 0 Å². The van der Waals surface area contributed by atoms with Gasteiger partial charge in [0.05, 0.1) is 32.0 Å². The molecule has 8 atom stereocenters. The summed E-state index contributed by atoms with van der Waals surface area (Å²) in [5.74, 6) is -0.555. The smallest absolute Gasteiger partial charge is 0.249 e. The van der Waals surface area contributed by atoms with Crippen molar-refractivity contribution in [2.45, 2.75) is 211 Å². The molecule has 1 heterocycles. The van der Waals surface area contributed by atoms with E-state index in [4.69, 9.17) is 14.2 Å². The van der Waals surface area contributed by atoms with Crippen LogP contribution in [0, 0.1) is 0 Å². The van der Waals surface area contributed by atoms with Gasteiger partial charge in [-0.15, -0.1) is 0 Å². The van der Waals surface area contributed by atoms with Gasteiger partial charge in [-0.3, -0.25) is 4.79 Å². The number of hydrogen-bond acceptors (Lipinski definition) is 9. The van der Waals surface area contributed by atoms with Crippen LogP contribution < -0.4 is 5.32 Å². The van der Waals surface area contributed by atoms with E-state index < -0.39 is 61.5 Å². The Balaban J connectivity index is 2.70. The molecule has 1 rings (SSSR count). The van der Waals surface area contributed by atoms with Crippen LogP contribution in [-0.2, 0) is 19.0 Å². The molecule has 1 amide bonds. The van der Waals surface area contributed by atoms with Crippen LogP contribution >= 0.6 is 0 Å². The normalized spacial score (nSPS) is 23.1. The first-order valence-electron chi connectivity index (χ1n) is 19.9. The van der Waals surface area contributed by atoms with Crippen LogP contribution in [0.1, 0.15) is 162 Å². The van der Waals surface area contributed by atoms with Crippen molar-refractivity contribution in [3.8, 4) is 0 Å². The maximum Gasteiger partial charge on any atom is 0.249 e. The highest BCUT2D eigenvalue weighted by Crippen LogP contribution is 2.25. The van der Waals surface area contributed by atoms with E-state index >= 15 is 0 Å². The Morgan fingerprint density at radius 2 is 1.22 bits per heavy atom. The molecule has 10 heteroatoms. The van der Waals surface area contributed by atoms with E-state index in [2.05, 4.69) is 19.2 Å². The highest BCUT2D eigenvalue weighted by Gasteiger charge is 2.46. The van der Waals surface area contributed by atoms with Gasteiger partial charge in [-0.1, -0.05) is 154 Å². The van der Waals surface area contributed by atoms with Gasteiger partial charge in [-0.25, -0.2) is 0 Å². The fraction of sp³-hybridized carbons (Fsp3) is 0.923. The largest absolute Gasteiger partial charge is 0.394 e. The fourth-order valence-corrected chi connectivity index (χ4v) is 6.36. The first-order chi connectivity index (χ1) is 23.8. The Morgan fingerprint density at radius 1 is 0.735 bits per heavy atom. The summed E-state index contributed by atoms with van der Waals surface area (Å²) >= 11 is 0. The molecule has 0 saturated carbocycles. The number of ether oxygens (including phenoxy) is 3. The van der Waals surface area contributed by atoms with Crippen LogP contribution in [0.4, 0.5) is 0 Å². The molecule has 0 bridgehead atoms. The molecule has 0 aromatic carbocycles. The van der Waals surface area contributed by atoms with Gasteiger partial charge in [-0.05, 0) is 19.8 Å². The monoisotopic (exact) mass is 702 g/mol. The zero-order chi connectivity index (χ0) is 36.1. The molecule has 1 fully saturated rings. The van der Waals surface area contributed by atoms with Crippen LogP contribution in [0.5, 0.6) is 0 Å². The molecular weight excluding hydrogens is 626 g/mol. The first kappa shape index (κ1) is 45.9. The quantitative estimate of drug-likeness (QED) is 0.0353. The number of rotatable bonds is 32. The Hall–Kier alpha value is -1.11. The number of nitrogens with one attached hydrogen (secondary N) is 1. The molecule has 290 valence electrons. The second kappa shape index (κ2) is 30.5. The molecule has 0 aromatic rings. The van der Waals surface area contributed by atoms with Crippen LogP contribution in [-0.4, -0.2) is 100 Å². The molecule has 6 unspecified atom stereocenters. The maximum absolute atomic E-state index is 13.1. The first-order valence-corrected chi connectivity index (χ1v) is 19.9. The molecular formula is C39H75NO9. The van der Waals surface area contributed by atoms with Crippen molar-refractivity contribution in [2.24, 2.45) is 0 Å². The molecule has 6 N–H and O–H groups in total. The van der Waals surface area contributed by atoms with E-state index in [1.807, 2.05) is 6.92 Å². The van der Waals surface area contributed by atoms with Crippen molar-refractivity contribution in [1.82, 2.24) is 5.32 Å². The maximum atomic E-state index is 13.1. The minimum Gasteiger partial charge on any atom is -0.394 e. The van der Waals surface area contributed by atoms with Crippen LogP contribution in [0.2, 0.25) is 0 Å². The van der Waals surface area contributed by atoms with Gasteiger partial charge in [0.2, 0.25) is 5.91 Å². The van der Waals surface area contributed by atoms with Gasteiger partial charge < -0.3 is 45.1 Å². The highest BCUT2D eigenvalue weighted by atomic mass is 16.7. The summed E-state index contributed by atoms with van der Waals surface area (Å²) in [5.41, 5.74) is 0. The zero-order valence-electron chi connectivity index (χ0n) is 31.3. The molecule has 10 nitrogen and oxygen atoms in total. The van der Waals surface area contributed by atoms with Gasteiger partial charge in [0.15, 0.2) is 6.29 Å². The topological polar surface area (TPSA) is 158 Å². The third-order valence-corrected chi connectivity index (χ3v) is 9.66. The minimum absolute atomic E-state index is 0.144. The summed E-state index contributed by atoms with van der Waals surface area (Å²) in [5, 5.41) is 55.5. The lowest BCUT2D eigenvalue weighted by atomic mass is 9.99. The average Bonchev–Trinajstić information content (AvgIpc) is 3.10. The fourth-order valence-electron chi connectivity index (χ4n) is 6.36. The summed E-state index contributed by atoms with van der Waals surface area (Å²) in [4.78, 5) is 13.1. The summed E-state index contributed by atoms with van der Waals surface area (Å²) in [6.45, 7) is 5.71. The van der Waals surface area contributed by atoms with Crippen LogP contribution in [0.15, 0.2) is 12.2 Å². The lowest BCUT2D eigenvalue weighted by Gasteiger charge is -2.42. The Kier molecular flexibility index (Phi) is 28.6. The number of unbranched alkanes of at least 4 members (excludes halogenated alkanes) is 18. The summed E-state index contributed by atoms with van der Waals surface area (Å²) in [6.07, 6.45) is 19.4. The number of allylic oxidation sites excluding steroid dienone is 1. The Labute approximate surface area is 298 Å². The third kappa shape index (κ3) is 21.1. The van der Waals surface area contributed by atoms with E-state index in [0.29, 0.717) is 12.8 Å². The average molecular weight is 702 g/mol. The molecule has 1 aliphatic rings. The van der Waals surface area contributed by atoms with E-state index in [0.717, 1.165) is 38.5 Å². The summed E-state index contributed by atoms with van der Waals surface area (Å²) in [7, 11) is 0. The van der Waals surface area contributed by atoms with E-state index in [9.17, 15) is 30.3 Å². The van der Waals surface area contributed by atoms with Crippen molar-refractivity contribution in [2.75, 3.05) is 19.8 Å². The molecule has 1 saturated heterocycles. The van der Waals surface area contributed by atoms with Crippen molar-refractivity contribution < 1.29 is 44.5 Å². The molecule has 0 aromatic heterocycles. The van der Waals surface area contributed by atoms with Crippen molar-refractivity contribution in [3.05, 3.63) is 12.2 Å². The molecule has 0 radical (unpaired) electrons. The van der Waals surface area contributed by atoms with Crippen molar-refractivity contribution >= 4 is 5.91 Å². The lowest BCUT2D eigenvalue weighted by Crippen LogP contribution is -2.61. The second-order valence-electron chi connectivity index (χ2n) is 14.0. The predicted molar refractivity (Wildman–Crippen MR) is 195 cm³/mol. The van der Waals surface area contributed by atoms with Gasteiger partial charge in [0.1, 0.15) is 30.5 Å². The number of aliphatic hydroxyl groups excluding tert-OH is 5. The number of hydrogen-bond donors (Lipinski definition) is 6. The number of carbonyl (C=O) groups excluding carboxylic acids is 1. The van der Waals surface area contributed by atoms with Gasteiger partial charge >= 0.3 is 0 Å². The summed E-state index contributed by atoms with van der Waals surface area (Å²) < 4.78 is 17.5. The SMILES string of the molecule is C/C=C/COC1C(OC[C@H](NC(=O)[C@H](O)CCCCCCCCCCC)C(O)CCCCCCCCCCCCC)OC(CO)C(O)C1O. The van der Waals surface area contributed by atoms with E-state index in [-0.39, 0.29) is 13.2 Å².